The molecule has 3 aliphatic rings. The Kier molecular flexibility index (Phi) is 7.61. The van der Waals surface area contributed by atoms with Gasteiger partial charge in [0, 0.05) is 18.7 Å². The van der Waals surface area contributed by atoms with Crippen LogP contribution in [0.3, 0.4) is 0 Å². The van der Waals surface area contributed by atoms with Gasteiger partial charge < -0.3 is 30.0 Å². The number of nitrogens with zero attached hydrogens (tertiary/aromatic N) is 4. The van der Waals surface area contributed by atoms with Crippen molar-refractivity contribution in [2.45, 2.75) is 57.0 Å². The maximum atomic E-state index is 12.1. The number of amides is 2. The molecular formula is C27H33N7O6. The zero-order valence-electron chi connectivity index (χ0n) is 22.1. The molecule has 3 aromatic rings. The topological polar surface area (TPSA) is 162 Å². The number of urea groups is 1. The van der Waals surface area contributed by atoms with Crippen molar-refractivity contribution >= 4 is 29.0 Å². The minimum absolute atomic E-state index is 0.0911. The molecule has 40 heavy (non-hydrogen) atoms. The summed E-state index contributed by atoms with van der Waals surface area (Å²) >= 11 is 0. The third-order valence-electron chi connectivity index (χ3n) is 7.85. The number of hydrogen-bond acceptors (Lipinski definition) is 9. The van der Waals surface area contributed by atoms with Crippen molar-refractivity contribution in [3.63, 3.8) is 0 Å². The van der Waals surface area contributed by atoms with Crippen LogP contribution in [0.1, 0.15) is 44.3 Å². The summed E-state index contributed by atoms with van der Waals surface area (Å²) in [6, 6.07) is 9.35. The molecule has 0 radical (unpaired) electrons. The molecule has 2 aromatic heterocycles. The normalized spacial score (nSPS) is 29.5. The molecule has 1 aromatic carbocycles. The zero-order valence-corrected chi connectivity index (χ0v) is 22.1. The summed E-state index contributed by atoms with van der Waals surface area (Å²) < 4.78 is 21.1. The molecule has 6 unspecified atom stereocenters. The predicted molar refractivity (Wildman–Crippen MR) is 142 cm³/mol. The number of fused-ring (bicyclic) bond motifs is 2. The first-order valence-electron chi connectivity index (χ1n) is 13.7. The summed E-state index contributed by atoms with van der Waals surface area (Å²) in [7, 11) is 0. The second kappa shape index (κ2) is 11.5. The fraction of sp³-hybridized carbons (Fsp3) is 0.519. The Hall–Kier alpha value is -3.65. The van der Waals surface area contributed by atoms with Crippen LogP contribution in [-0.2, 0) is 19.0 Å². The van der Waals surface area contributed by atoms with Gasteiger partial charge in [0.2, 0.25) is 0 Å². The van der Waals surface area contributed by atoms with Gasteiger partial charge in [0.1, 0.15) is 24.6 Å². The van der Waals surface area contributed by atoms with E-state index in [4.69, 9.17) is 14.2 Å². The molecule has 13 nitrogen and oxygen atoms in total. The van der Waals surface area contributed by atoms with E-state index in [1.807, 2.05) is 37.3 Å². The molecule has 3 fully saturated rings. The number of ether oxygens (including phenoxy) is 3. The van der Waals surface area contributed by atoms with Crippen LogP contribution in [0.4, 0.5) is 10.6 Å². The first-order chi connectivity index (χ1) is 19.5. The Balaban J connectivity index is 1.23. The Bertz CT molecular complexity index is 1350. The third kappa shape index (κ3) is 5.12. The molecule has 6 rings (SSSR count). The average molecular weight is 552 g/mol. The van der Waals surface area contributed by atoms with Gasteiger partial charge in [-0.25, -0.2) is 19.7 Å². The summed E-state index contributed by atoms with van der Waals surface area (Å²) in [6.07, 6.45) is 3.16. The molecule has 2 amide bonds. The Morgan fingerprint density at radius 1 is 1.05 bits per heavy atom. The van der Waals surface area contributed by atoms with Crippen LogP contribution in [0.5, 0.6) is 0 Å². The van der Waals surface area contributed by atoms with Crippen molar-refractivity contribution in [3.8, 4) is 0 Å². The maximum Gasteiger partial charge on any atom is 0.320 e. The van der Waals surface area contributed by atoms with Gasteiger partial charge in [0.15, 0.2) is 29.5 Å². The van der Waals surface area contributed by atoms with Crippen molar-refractivity contribution in [2.75, 3.05) is 25.0 Å². The van der Waals surface area contributed by atoms with E-state index in [0.717, 1.165) is 24.8 Å². The highest BCUT2D eigenvalue weighted by atomic mass is 16.8. The fourth-order valence-corrected chi connectivity index (χ4v) is 5.95. The fourth-order valence-electron chi connectivity index (χ4n) is 5.95. The van der Waals surface area contributed by atoms with E-state index < -0.39 is 24.6 Å². The van der Waals surface area contributed by atoms with Crippen LogP contribution in [0.15, 0.2) is 43.0 Å². The molecule has 212 valence electrons. The number of carboxylic acids is 1. The SMILES string of the molecule is CCNC(=O)Nc1ncnc2c1ncn2C1OC(CNCC2CCCC2C(=O)O)C2O[C@H](c3ccccc3)OC21. The van der Waals surface area contributed by atoms with Gasteiger partial charge in [-0.3, -0.25) is 14.7 Å². The number of imidazole rings is 1. The summed E-state index contributed by atoms with van der Waals surface area (Å²) in [6.45, 7) is 3.36. The predicted octanol–water partition coefficient (Wildman–Crippen LogP) is 2.44. The van der Waals surface area contributed by atoms with Gasteiger partial charge in [-0.2, -0.15) is 0 Å². The number of nitrogens with one attached hydrogen (secondary N) is 3. The highest BCUT2D eigenvalue weighted by Gasteiger charge is 2.54. The number of aliphatic carboxylic acids is 1. The van der Waals surface area contributed by atoms with Crippen LogP contribution < -0.4 is 16.0 Å². The molecular weight excluding hydrogens is 518 g/mol. The van der Waals surface area contributed by atoms with E-state index in [-0.39, 0.29) is 35.9 Å². The lowest BCUT2D eigenvalue weighted by atomic mass is 9.96. The van der Waals surface area contributed by atoms with Crippen LogP contribution in [0, 0.1) is 11.8 Å². The Morgan fingerprint density at radius 3 is 2.67 bits per heavy atom. The maximum absolute atomic E-state index is 12.1. The van der Waals surface area contributed by atoms with Crippen molar-refractivity contribution < 1.29 is 28.9 Å². The minimum Gasteiger partial charge on any atom is -0.481 e. The summed E-state index contributed by atoms with van der Waals surface area (Å²) in [5.41, 5.74) is 1.82. The van der Waals surface area contributed by atoms with E-state index in [9.17, 15) is 14.7 Å². The molecule has 13 heteroatoms. The number of carbonyl (C=O) groups excluding carboxylic acids is 1. The first-order valence-corrected chi connectivity index (χ1v) is 13.7. The number of carboxylic acid groups (broad SMARTS) is 1. The molecule has 2 saturated heterocycles. The second-order valence-corrected chi connectivity index (χ2v) is 10.3. The summed E-state index contributed by atoms with van der Waals surface area (Å²) in [5.74, 6) is -0.661. The lowest BCUT2D eigenvalue weighted by molar-refractivity contribution is -0.146. The summed E-state index contributed by atoms with van der Waals surface area (Å²) in [4.78, 5) is 36.8. The van der Waals surface area contributed by atoms with Crippen molar-refractivity contribution in [3.05, 3.63) is 48.5 Å². The number of anilines is 1. The number of carbonyl (C=O) groups is 2. The number of aromatic nitrogens is 4. The standard InChI is InChI=1S/C27H33N7O6/c1-2-29-27(37)33-22-19-23(31-13-30-22)34(14-32-19)24-21-20(39-26(40-21)15-7-4-3-5-8-15)18(38-24)12-28-11-16-9-6-10-17(16)25(35)36/h3-5,7-8,13-14,16-18,20-21,24,26,28H,2,6,9-12H2,1H3,(H,35,36)(H2,29,30,31,33,37)/t16?,17?,18?,20?,21?,24?,26-/m0/s1. The van der Waals surface area contributed by atoms with Gasteiger partial charge in [-0.05, 0) is 32.2 Å². The van der Waals surface area contributed by atoms with Crippen LogP contribution in [-0.4, -0.2) is 74.6 Å². The van der Waals surface area contributed by atoms with Gasteiger partial charge in [-0.1, -0.05) is 36.8 Å². The van der Waals surface area contributed by atoms with E-state index in [1.165, 1.54) is 6.33 Å². The summed E-state index contributed by atoms with van der Waals surface area (Å²) in [5, 5.41) is 18.4. The number of benzene rings is 1. The highest BCUT2D eigenvalue weighted by molar-refractivity contribution is 5.95. The van der Waals surface area contributed by atoms with E-state index in [0.29, 0.717) is 30.8 Å². The number of hydrogen-bond donors (Lipinski definition) is 4. The third-order valence-corrected chi connectivity index (χ3v) is 7.85. The molecule has 0 spiro atoms. The van der Waals surface area contributed by atoms with E-state index >= 15 is 0 Å². The Labute approximate surface area is 230 Å². The van der Waals surface area contributed by atoms with Crippen molar-refractivity contribution in [1.29, 1.82) is 0 Å². The molecule has 4 N–H and O–H groups in total. The van der Waals surface area contributed by atoms with Crippen LogP contribution >= 0.6 is 0 Å². The largest absolute Gasteiger partial charge is 0.481 e. The molecule has 7 atom stereocenters. The zero-order chi connectivity index (χ0) is 27.6. The van der Waals surface area contributed by atoms with Crippen molar-refractivity contribution in [1.82, 2.24) is 30.2 Å². The minimum atomic E-state index is -0.727. The van der Waals surface area contributed by atoms with Gasteiger partial charge in [0.25, 0.3) is 0 Å². The first kappa shape index (κ1) is 26.6. The molecule has 4 heterocycles. The van der Waals surface area contributed by atoms with E-state index in [2.05, 4.69) is 30.9 Å². The lowest BCUT2D eigenvalue weighted by Gasteiger charge is -2.23. The van der Waals surface area contributed by atoms with Gasteiger partial charge in [0.05, 0.1) is 12.2 Å². The van der Waals surface area contributed by atoms with Gasteiger partial charge >= 0.3 is 12.0 Å². The highest BCUT2D eigenvalue weighted by Crippen LogP contribution is 2.45. The second-order valence-electron chi connectivity index (χ2n) is 10.3. The number of rotatable bonds is 9. The van der Waals surface area contributed by atoms with Crippen LogP contribution in [0.2, 0.25) is 0 Å². The lowest BCUT2D eigenvalue weighted by Crippen LogP contribution is -2.39. The molecule has 1 aliphatic carbocycles. The van der Waals surface area contributed by atoms with Crippen LogP contribution in [0.25, 0.3) is 11.2 Å². The van der Waals surface area contributed by atoms with Crippen molar-refractivity contribution in [2.24, 2.45) is 11.8 Å². The molecule has 1 saturated carbocycles. The van der Waals surface area contributed by atoms with Gasteiger partial charge in [-0.15, -0.1) is 0 Å². The molecule has 2 aliphatic heterocycles. The van der Waals surface area contributed by atoms with E-state index in [1.54, 1.807) is 10.9 Å². The Morgan fingerprint density at radius 2 is 1.88 bits per heavy atom. The average Bonchev–Trinajstić information content (AvgIpc) is 3.74. The molecule has 0 bridgehead atoms. The quantitative estimate of drug-likeness (QED) is 0.311. The smallest absolute Gasteiger partial charge is 0.320 e. The monoisotopic (exact) mass is 551 g/mol.